The van der Waals surface area contributed by atoms with E-state index in [0.29, 0.717) is 22.0 Å². The number of hydrogen-bond acceptors (Lipinski definition) is 3. The number of para-hydroxylation sites is 1. The van der Waals surface area contributed by atoms with Crippen LogP contribution in [0.15, 0.2) is 48.5 Å². The Morgan fingerprint density at radius 1 is 1.25 bits per heavy atom. The number of hydrogen-bond donors (Lipinski definition) is 1. The molecule has 0 bridgehead atoms. The third-order valence-electron chi connectivity index (χ3n) is 2.48. The molecule has 0 aliphatic rings. The van der Waals surface area contributed by atoms with Gasteiger partial charge in [-0.3, -0.25) is 4.79 Å². The van der Waals surface area contributed by atoms with Crippen molar-refractivity contribution in [1.82, 2.24) is 0 Å². The zero-order chi connectivity index (χ0) is 14.4. The molecule has 4 nitrogen and oxygen atoms in total. The molecule has 0 fully saturated rings. The van der Waals surface area contributed by atoms with Gasteiger partial charge in [0.2, 0.25) is 0 Å². The molecule has 0 saturated carbocycles. The van der Waals surface area contributed by atoms with Crippen molar-refractivity contribution in [3.8, 4) is 11.8 Å². The molecule has 0 spiro atoms. The first-order valence-corrected chi connectivity index (χ1v) is 6.24. The second-order valence-electron chi connectivity index (χ2n) is 3.96. The van der Waals surface area contributed by atoms with Crippen molar-refractivity contribution in [2.75, 3.05) is 11.9 Å². The number of nitrogens with one attached hydrogen (secondary N) is 1. The quantitative estimate of drug-likeness (QED) is 0.938. The smallest absolute Gasteiger partial charge is 0.262 e. The fourth-order valence-electron chi connectivity index (χ4n) is 1.54. The summed E-state index contributed by atoms with van der Waals surface area (Å²) >= 11 is 5.95. The summed E-state index contributed by atoms with van der Waals surface area (Å²) in [6.07, 6.45) is 0. The Balaban J connectivity index is 1.97. The molecule has 20 heavy (non-hydrogen) atoms. The van der Waals surface area contributed by atoms with Crippen molar-refractivity contribution in [3.05, 3.63) is 59.1 Å². The predicted octanol–water partition coefficient (Wildman–Crippen LogP) is 3.23. The van der Waals surface area contributed by atoms with E-state index in [1.807, 2.05) is 24.3 Å². The van der Waals surface area contributed by atoms with Crippen LogP contribution in [0.2, 0.25) is 5.02 Å². The minimum Gasteiger partial charge on any atom is -0.484 e. The van der Waals surface area contributed by atoms with Gasteiger partial charge in [0.25, 0.3) is 5.91 Å². The molecule has 0 atom stereocenters. The number of amides is 1. The van der Waals surface area contributed by atoms with Crippen LogP contribution in [0.4, 0.5) is 5.69 Å². The van der Waals surface area contributed by atoms with Gasteiger partial charge in [-0.05, 0) is 30.3 Å². The molecule has 2 aromatic rings. The second-order valence-corrected chi connectivity index (χ2v) is 4.36. The number of nitrogens with zero attached hydrogens (tertiary/aromatic N) is 1. The number of rotatable bonds is 4. The fraction of sp³-hybridized carbons (Fsp3) is 0.0667. The highest BCUT2D eigenvalue weighted by Crippen LogP contribution is 2.22. The molecule has 100 valence electrons. The maximum atomic E-state index is 11.8. The summed E-state index contributed by atoms with van der Waals surface area (Å²) in [5.41, 5.74) is 0.820. The van der Waals surface area contributed by atoms with E-state index in [0.717, 1.165) is 0 Å². The molecule has 1 amide bonds. The first-order chi connectivity index (χ1) is 9.69. The first-order valence-electron chi connectivity index (χ1n) is 5.86. The summed E-state index contributed by atoms with van der Waals surface area (Å²) in [4.78, 5) is 11.8. The lowest BCUT2D eigenvalue weighted by molar-refractivity contribution is -0.118. The Kier molecular flexibility index (Phi) is 4.59. The average Bonchev–Trinajstić information content (AvgIpc) is 2.48. The van der Waals surface area contributed by atoms with Crippen molar-refractivity contribution in [2.45, 2.75) is 0 Å². The molecule has 2 rings (SSSR count). The van der Waals surface area contributed by atoms with Crippen LogP contribution in [0.5, 0.6) is 5.75 Å². The monoisotopic (exact) mass is 286 g/mol. The Morgan fingerprint density at radius 3 is 2.70 bits per heavy atom. The summed E-state index contributed by atoms with van der Waals surface area (Å²) < 4.78 is 5.32. The predicted molar refractivity (Wildman–Crippen MR) is 76.7 cm³/mol. The van der Waals surface area contributed by atoms with E-state index in [4.69, 9.17) is 21.6 Å². The lowest BCUT2D eigenvalue weighted by atomic mass is 10.2. The Hall–Kier alpha value is -2.51. The van der Waals surface area contributed by atoms with Crippen molar-refractivity contribution >= 4 is 23.2 Å². The largest absolute Gasteiger partial charge is 0.484 e. The SMILES string of the molecule is N#Cc1ccc(Cl)c(NC(=O)COc2ccccc2)c1. The highest BCUT2D eigenvalue weighted by atomic mass is 35.5. The van der Waals surface area contributed by atoms with Gasteiger partial charge in [0, 0.05) is 0 Å². The molecule has 0 aliphatic heterocycles. The van der Waals surface area contributed by atoms with E-state index in [1.54, 1.807) is 24.3 Å². The third kappa shape index (κ3) is 3.74. The molecular formula is C15H11ClN2O2. The molecule has 2 aromatic carbocycles. The van der Waals surface area contributed by atoms with Crippen molar-refractivity contribution < 1.29 is 9.53 Å². The van der Waals surface area contributed by atoms with E-state index in [9.17, 15) is 4.79 Å². The minimum atomic E-state index is -0.342. The Morgan fingerprint density at radius 2 is 2.00 bits per heavy atom. The maximum Gasteiger partial charge on any atom is 0.262 e. The van der Waals surface area contributed by atoms with Crippen molar-refractivity contribution in [3.63, 3.8) is 0 Å². The van der Waals surface area contributed by atoms with E-state index >= 15 is 0 Å². The Labute approximate surface area is 121 Å². The molecule has 0 aromatic heterocycles. The molecular weight excluding hydrogens is 276 g/mol. The number of nitriles is 1. The van der Waals surface area contributed by atoms with Crippen LogP contribution in [-0.2, 0) is 4.79 Å². The van der Waals surface area contributed by atoms with Crippen LogP contribution in [0.3, 0.4) is 0 Å². The topological polar surface area (TPSA) is 62.1 Å². The number of carbonyl (C=O) groups is 1. The normalized spacial score (nSPS) is 9.60. The molecule has 0 radical (unpaired) electrons. The van der Waals surface area contributed by atoms with Gasteiger partial charge in [-0.1, -0.05) is 29.8 Å². The fourth-order valence-corrected chi connectivity index (χ4v) is 1.71. The summed E-state index contributed by atoms with van der Waals surface area (Å²) in [6, 6.07) is 15.7. The second kappa shape index (κ2) is 6.60. The summed E-state index contributed by atoms with van der Waals surface area (Å²) in [5, 5.41) is 11.8. The molecule has 0 saturated heterocycles. The van der Waals surface area contributed by atoms with E-state index in [-0.39, 0.29) is 12.5 Å². The Bertz CT molecular complexity index is 651. The van der Waals surface area contributed by atoms with Crippen LogP contribution in [0.1, 0.15) is 5.56 Å². The maximum absolute atomic E-state index is 11.8. The standard InChI is InChI=1S/C15H11ClN2O2/c16-13-7-6-11(9-17)8-14(13)18-15(19)10-20-12-4-2-1-3-5-12/h1-8H,10H2,(H,18,19). The number of carbonyl (C=O) groups excluding carboxylic acids is 1. The van der Waals surface area contributed by atoms with Gasteiger partial charge in [-0.25, -0.2) is 0 Å². The van der Waals surface area contributed by atoms with Crippen LogP contribution in [0, 0.1) is 11.3 Å². The van der Waals surface area contributed by atoms with Crippen LogP contribution in [-0.4, -0.2) is 12.5 Å². The zero-order valence-corrected chi connectivity index (χ0v) is 11.2. The minimum absolute atomic E-state index is 0.128. The number of ether oxygens (including phenoxy) is 1. The van der Waals surface area contributed by atoms with Gasteiger partial charge in [0.05, 0.1) is 22.3 Å². The highest BCUT2D eigenvalue weighted by Gasteiger charge is 2.07. The number of anilines is 1. The van der Waals surface area contributed by atoms with Gasteiger partial charge in [0.1, 0.15) is 5.75 Å². The van der Waals surface area contributed by atoms with E-state index in [2.05, 4.69) is 5.32 Å². The molecule has 0 unspecified atom stereocenters. The molecule has 0 aliphatic carbocycles. The van der Waals surface area contributed by atoms with Gasteiger partial charge >= 0.3 is 0 Å². The number of halogens is 1. The van der Waals surface area contributed by atoms with Crippen LogP contribution >= 0.6 is 11.6 Å². The average molecular weight is 287 g/mol. The molecule has 1 N–H and O–H groups in total. The summed E-state index contributed by atoms with van der Waals surface area (Å²) in [6.45, 7) is -0.128. The third-order valence-corrected chi connectivity index (χ3v) is 2.81. The van der Waals surface area contributed by atoms with Gasteiger partial charge < -0.3 is 10.1 Å². The lowest BCUT2D eigenvalue weighted by Gasteiger charge is -2.09. The van der Waals surface area contributed by atoms with Crippen LogP contribution in [0.25, 0.3) is 0 Å². The zero-order valence-electron chi connectivity index (χ0n) is 10.5. The lowest BCUT2D eigenvalue weighted by Crippen LogP contribution is -2.20. The summed E-state index contributed by atoms with van der Waals surface area (Å²) in [7, 11) is 0. The van der Waals surface area contributed by atoms with Crippen molar-refractivity contribution in [2.24, 2.45) is 0 Å². The van der Waals surface area contributed by atoms with Crippen LogP contribution < -0.4 is 10.1 Å². The molecule has 5 heteroatoms. The van der Waals surface area contributed by atoms with E-state index in [1.165, 1.54) is 6.07 Å². The first kappa shape index (κ1) is 13.9. The van der Waals surface area contributed by atoms with Gasteiger partial charge in [-0.2, -0.15) is 5.26 Å². The van der Waals surface area contributed by atoms with E-state index < -0.39 is 0 Å². The molecule has 0 heterocycles. The number of benzene rings is 2. The van der Waals surface area contributed by atoms with Gasteiger partial charge in [-0.15, -0.1) is 0 Å². The highest BCUT2D eigenvalue weighted by molar-refractivity contribution is 6.33. The van der Waals surface area contributed by atoms with Gasteiger partial charge in [0.15, 0.2) is 6.61 Å². The summed E-state index contributed by atoms with van der Waals surface area (Å²) in [5.74, 6) is 0.269. The van der Waals surface area contributed by atoms with Crippen molar-refractivity contribution in [1.29, 1.82) is 5.26 Å².